The number of carbonyl (C=O) groups is 1. The Labute approximate surface area is 107 Å². The van der Waals surface area contributed by atoms with E-state index in [-0.39, 0.29) is 23.8 Å². The molecular weight excluding hydrogens is 232 g/mol. The van der Waals surface area contributed by atoms with Gasteiger partial charge in [-0.15, -0.1) is 0 Å². The summed E-state index contributed by atoms with van der Waals surface area (Å²) < 4.78 is 6.55. The van der Waals surface area contributed by atoms with Crippen molar-refractivity contribution in [3.05, 3.63) is 28.7 Å². The van der Waals surface area contributed by atoms with Crippen LogP contribution >= 0.6 is 0 Å². The molecule has 0 atom stereocenters. The van der Waals surface area contributed by atoms with E-state index in [4.69, 9.17) is 4.74 Å². The third kappa shape index (κ3) is 4.24. The molecule has 0 fully saturated rings. The van der Waals surface area contributed by atoms with Crippen LogP contribution in [0.4, 0.5) is 0 Å². The molecule has 0 spiro atoms. The van der Waals surface area contributed by atoms with Crippen LogP contribution in [0, 0.1) is 0 Å². The number of aromatic nitrogens is 1. The van der Waals surface area contributed by atoms with Crippen LogP contribution in [0.2, 0.25) is 0 Å². The average Bonchev–Trinajstić information content (AvgIpc) is 2.35. The van der Waals surface area contributed by atoms with Gasteiger partial charge < -0.3 is 14.6 Å². The molecule has 1 aromatic heterocycles. The lowest BCUT2D eigenvalue weighted by Crippen LogP contribution is -2.32. The largest absolute Gasteiger partial charge is 0.488 e. The van der Waals surface area contributed by atoms with Crippen LogP contribution in [-0.2, 0) is 11.3 Å². The van der Waals surface area contributed by atoms with Crippen LogP contribution in [-0.4, -0.2) is 23.6 Å². The number of nitrogens with one attached hydrogen (secondary N) is 1. The van der Waals surface area contributed by atoms with Gasteiger partial charge in [0.05, 0.1) is 6.61 Å². The van der Waals surface area contributed by atoms with E-state index in [1.807, 2.05) is 6.92 Å². The zero-order valence-electron chi connectivity index (χ0n) is 10.9. The molecule has 0 unspecified atom stereocenters. The zero-order chi connectivity index (χ0) is 13.4. The van der Waals surface area contributed by atoms with Crippen molar-refractivity contribution in [2.75, 3.05) is 13.2 Å². The Morgan fingerprint density at radius 2 is 2.22 bits per heavy atom. The topological polar surface area (TPSA) is 60.3 Å². The van der Waals surface area contributed by atoms with Gasteiger partial charge in [0.2, 0.25) is 5.91 Å². The van der Waals surface area contributed by atoms with E-state index in [1.165, 1.54) is 4.57 Å². The lowest BCUT2D eigenvalue weighted by atomic mass is 10.3. The second kappa shape index (κ2) is 7.53. The summed E-state index contributed by atoms with van der Waals surface area (Å²) in [4.78, 5) is 23.5. The van der Waals surface area contributed by atoms with Gasteiger partial charge in [0.15, 0.2) is 5.75 Å². The zero-order valence-corrected chi connectivity index (χ0v) is 10.9. The number of hydrogen-bond acceptors (Lipinski definition) is 3. The van der Waals surface area contributed by atoms with E-state index >= 15 is 0 Å². The first kappa shape index (κ1) is 14.3. The Morgan fingerprint density at radius 1 is 1.44 bits per heavy atom. The molecular formula is C13H20N2O3. The summed E-state index contributed by atoms with van der Waals surface area (Å²) >= 11 is 0. The molecule has 0 radical (unpaired) electrons. The van der Waals surface area contributed by atoms with Gasteiger partial charge >= 0.3 is 0 Å². The van der Waals surface area contributed by atoms with Crippen molar-refractivity contribution in [2.45, 2.75) is 33.2 Å². The van der Waals surface area contributed by atoms with Crippen LogP contribution in [0.25, 0.3) is 0 Å². The molecule has 18 heavy (non-hydrogen) atoms. The summed E-state index contributed by atoms with van der Waals surface area (Å²) in [6, 6.07) is 3.31. The van der Waals surface area contributed by atoms with Crippen molar-refractivity contribution in [2.24, 2.45) is 0 Å². The molecule has 0 saturated carbocycles. The fourth-order valence-corrected chi connectivity index (χ4v) is 1.52. The van der Waals surface area contributed by atoms with Gasteiger partial charge in [-0.1, -0.05) is 13.3 Å². The Morgan fingerprint density at radius 3 is 2.89 bits per heavy atom. The Bertz CT molecular complexity index is 440. The third-order valence-corrected chi connectivity index (χ3v) is 2.45. The fourth-order valence-electron chi connectivity index (χ4n) is 1.52. The lowest BCUT2D eigenvalue weighted by Gasteiger charge is -2.08. The van der Waals surface area contributed by atoms with Crippen molar-refractivity contribution < 1.29 is 9.53 Å². The first-order chi connectivity index (χ1) is 8.69. The number of unbranched alkanes of at least 4 members (excludes halogenated alkanes) is 1. The lowest BCUT2D eigenvalue weighted by molar-refractivity contribution is -0.121. The minimum absolute atomic E-state index is 0.0312. The second-order valence-corrected chi connectivity index (χ2v) is 3.94. The Kier molecular flexibility index (Phi) is 5.97. The number of hydrogen-bond donors (Lipinski definition) is 1. The van der Waals surface area contributed by atoms with E-state index in [9.17, 15) is 9.59 Å². The number of pyridine rings is 1. The van der Waals surface area contributed by atoms with Crippen molar-refractivity contribution in [1.29, 1.82) is 0 Å². The fraction of sp³-hybridized carbons (Fsp3) is 0.538. The van der Waals surface area contributed by atoms with Crippen molar-refractivity contribution >= 4 is 5.91 Å². The predicted octanol–water partition coefficient (Wildman–Crippen LogP) is 1.16. The van der Waals surface area contributed by atoms with Crippen LogP contribution in [0.1, 0.15) is 26.7 Å². The quantitative estimate of drug-likeness (QED) is 0.741. The molecule has 0 aliphatic heterocycles. The van der Waals surface area contributed by atoms with Crippen LogP contribution in [0.3, 0.4) is 0 Å². The van der Waals surface area contributed by atoms with Gasteiger partial charge in [-0.2, -0.15) is 0 Å². The highest BCUT2D eigenvalue weighted by Crippen LogP contribution is 2.01. The normalized spacial score (nSPS) is 10.1. The standard InChI is InChI=1S/C13H20N2O3/c1-3-5-8-14-12(16)10-15-9-6-7-11(13(15)17)18-4-2/h6-7,9H,3-5,8,10H2,1-2H3,(H,14,16). The second-order valence-electron chi connectivity index (χ2n) is 3.94. The Balaban J connectivity index is 2.64. The SMILES string of the molecule is CCCCNC(=O)Cn1cccc(OCC)c1=O. The molecule has 5 heteroatoms. The van der Waals surface area contributed by atoms with E-state index in [1.54, 1.807) is 18.3 Å². The minimum Gasteiger partial charge on any atom is -0.488 e. The maximum atomic E-state index is 11.9. The summed E-state index contributed by atoms with van der Waals surface area (Å²) in [6.07, 6.45) is 3.56. The third-order valence-electron chi connectivity index (χ3n) is 2.45. The van der Waals surface area contributed by atoms with E-state index < -0.39 is 0 Å². The van der Waals surface area contributed by atoms with Crippen molar-refractivity contribution in [3.8, 4) is 5.75 Å². The number of nitrogens with zero attached hydrogens (tertiary/aromatic N) is 1. The minimum atomic E-state index is -0.273. The van der Waals surface area contributed by atoms with Gasteiger partial charge in [-0.3, -0.25) is 9.59 Å². The maximum absolute atomic E-state index is 11.9. The first-order valence-electron chi connectivity index (χ1n) is 6.28. The summed E-state index contributed by atoms with van der Waals surface area (Å²) in [5.74, 6) is 0.126. The number of ether oxygens (including phenoxy) is 1. The van der Waals surface area contributed by atoms with Crippen LogP contribution < -0.4 is 15.6 Å². The number of carbonyl (C=O) groups excluding carboxylic acids is 1. The molecule has 1 aromatic rings. The summed E-state index contributed by atoms with van der Waals surface area (Å²) in [5, 5.41) is 2.77. The molecule has 5 nitrogen and oxygen atoms in total. The summed E-state index contributed by atoms with van der Waals surface area (Å²) in [7, 11) is 0. The molecule has 0 aromatic carbocycles. The highest BCUT2D eigenvalue weighted by molar-refractivity contribution is 5.75. The molecule has 100 valence electrons. The number of rotatable bonds is 7. The molecule has 0 aliphatic carbocycles. The van der Waals surface area contributed by atoms with Gasteiger partial charge in [-0.05, 0) is 25.5 Å². The monoisotopic (exact) mass is 252 g/mol. The number of amides is 1. The molecule has 0 saturated heterocycles. The van der Waals surface area contributed by atoms with E-state index in [2.05, 4.69) is 12.2 Å². The molecule has 1 rings (SSSR count). The van der Waals surface area contributed by atoms with Gasteiger partial charge in [-0.25, -0.2) is 0 Å². The molecule has 1 heterocycles. The van der Waals surface area contributed by atoms with Crippen molar-refractivity contribution in [1.82, 2.24) is 9.88 Å². The molecule has 0 bridgehead atoms. The van der Waals surface area contributed by atoms with Gasteiger partial charge in [0.1, 0.15) is 6.54 Å². The molecule has 0 aliphatic rings. The van der Waals surface area contributed by atoms with Crippen molar-refractivity contribution in [3.63, 3.8) is 0 Å². The molecule has 1 N–H and O–H groups in total. The van der Waals surface area contributed by atoms with Crippen LogP contribution in [0.5, 0.6) is 5.75 Å². The average molecular weight is 252 g/mol. The smallest absolute Gasteiger partial charge is 0.293 e. The predicted molar refractivity (Wildman–Crippen MR) is 69.8 cm³/mol. The summed E-state index contributed by atoms with van der Waals surface area (Å²) in [5.41, 5.74) is -0.273. The van der Waals surface area contributed by atoms with Gasteiger partial charge in [0, 0.05) is 12.7 Å². The first-order valence-corrected chi connectivity index (χ1v) is 6.28. The maximum Gasteiger partial charge on any atom is 0.293 e. The highest BCUT2D eigenvalue weighted by atomic mass is 16.5. The van der Waals surface area contributed by atoms with E-state index in [0.717, 1.165) is 12.8 Å². The molecule has 1 amide bonds. The van der Waals surface area contributed by atoms with Crippen LogP contribution in [0.15, 0.2) is 23.1 Å². The Hall–Kier alpha value is -1.78. The summed E-state index contributed by atoms with van der Waals surface area (Å²) in [6.45, 7) is 4.98. The van der Waals surface area contributed by atoms with Gasteiger partial charge in [0.25, 0.3) is 5.56 Å². The highest BCUT2D eigenvalue weighted by Gasteiger charge is 2.07. The van der Waals surface area contributed by atoms with E-state index in [0.29, 0.717) is 13.2 Å².